The first-order valence-corrected chi connectivity index (χ1v) is 7.34. The van der Waals surface area contributed by atoms with Gasteiger partial charge >= 0.3 is 5.97 Å². The summed E-state index contributed by atoms with van der Waals surface area (Å²) in [5, 5.41) is 0.958. The van der Waals surface area contributed by atoms with Crippen LogP contribution in [-0.4, -0.2) is 17.9 Å². The van der Waals surface area contributed by atoms with Gasteiger partial charge in [-0.1, -0.05) is 52.3 Å². The molecule has 1 aromatic rings. The molecule has 0 aliphatic carbocycles. The lowest BCUT2D eigenvalue weighted by atomic mass is 9.93. The van der Waals surface area contributed by atoms with Gasteiger partial charge in [-0.25, -0.2) is 4.79 Å². The van der Waals surface area contributed by atoms with Crippen LogP contribution in [0.25, 0.3) is 0 Å². The fraction of sp³-hybridized carbons (Fsp3) is 0.400. The second-order valence-electron chi connectivity index (χ2n) is 3.98. The van der Waals surface area contributed by atoms with E-state index in [1.807, 2.05) is 31.2 Å². The van der Waals surface area contributed by atoms with Crippen LogP contribution in [0.5, 0.6) is 0 Å². The van der Waals surface area contributed by atoms with E-state index in [1.165, 1.54) is 11.6 Å². The quantitative estimate of drug-likeness (QED) is 0.431. The third-order valence-corrected chi connectivity index (χ3v) is 3.15. The maximum Gasteiger partial charge on any atom is 0.330 e. The van der Waals surface area contributed by atoms with E-state index in [9.17, 15) is 4.79 Å². The highest BCUT2D eigenvalue weighted by atomic mass is 79.9. The molecular formula is C15H19BrO2. The molecule has 0 spiro atoms. The molecule has 1 aromatic carbocycles. The van der Waals surface area contributed by atoms with Crippen LogP contribution in [0.2, 0.25) is 0 Å². The maximum absolute atomic E-state index is 11.2. The van der Waals surface area contributed by atoms with Gasteiger partial charge in [0.05, 0.1) is 6.61 Å². The van der Waals surface area contributed by atoms with Crippen molar-refractivity contribution in [2.24, 2.45) is 0 Å². The summed E-state index contributed by atoms with van der Waals surface area (Å²) in [6.07, 6.45) is 5.33. The van der Waals surface area contributed by atoms with Crippen molar-refractivity contribution in [1.29, 1.82) is 0 Å². The van der Waals surface area contributed by atoms with Crippen LogP contribution >= 0.6 is 15.9 Å². The average Bonchev–Trinajstić information content (AvgIpc) is 2.39. The Balaban J connectivity index is 2.56. The first-order chi connectivity index (χ1) is 8.77. The number of halogens is 1. The number of esters is 1. The van der Waals surface area contributed by atoms with Gasteiger partial charge in [0.15, 0.2) is 0 Å². The van der Waals surface area contributed by atoms with Crippen molar-refractivity contribution in [3.8, 4) is 0 Å². The maximum atomic E-state index is 11.2. The molecule has 1 rings (SSSR count). The molecule has 18 heavy (non-hydrogen) atoms. The normalized spacial score (nSPS) is 12.6. The summed E-state index contributed by atoms with van der Waals surface area (Å²) in [6, 6.07) is 10.4. The Hall–Kier alpha value is -1.09. The zero-order valence-corrected chi connectivity index (χ0v) is 12.2. The molecule has 0 heterocycles. The van der Waals surface area contributed by atoms with E-state index in [1.54, 1.807) is 0 Å². The molecule has 0 aliphatic heterocycles. The fourth-order valence-electron chi connectivity index (χ4n) is 1.80. The highest BCUT2D eigenvalue weighted by molar-refractivity contribution is 9.09. The van der Waals surface area contributed by atoms with Crippen LogP contribution in [0.3, 0.4) is 0 Å². The van der Waals surface area contributed by atoms with Gasteiger partial charge in [-0.2, -0.15) is 0 Å². The molecule has 1 atom stereocenters. The third-order valence-electron chi connectivity index (χ3n) is 2.69. The average molecular weight is 311 g/mol. The Bertz CT molecular complexity index is 373. The number of hydrogen-bond donors (Lipinski definition) is 0. The number of alkyl halides is 1. The van der Waals surface area contributed by atoms with Gasteiger partial charge in [-0.05, 0) is 31.2 Å². The number of carbonyl (C=O) groups excluding carboxylic acids is 1. The molecule has 0 saturated heterocycles. The van der Waals surface area contributed by atoms with Crippen LogP contribution in [0, 0.1) is 0 Å². The van der Waals surface area contributed by atoms with E-state index >= 15 is 0 Å². The summed E-state index contributed by atoms with van der Waals surface area (Å²) in [4.78, 5) is 11.2. The van der Waals surface area contributed by atoms with Gasteiger partial charge in [0.2, 0.25) is 0 Å². The van der Waals surface area contributed by atoms with Gasteiger partial charge in [0, 0.05) is 11.4 Å². The third kappa shape index (κ3) is 5.50. The second kappa shape index (κ2) is 8.92. The molecule has 1 unspecified atom stereocenters. The lowest BCUT2D eigenvalue weighted by molar-refractivity contribution is -0.137. The topological polar surface area (TPSA) is 26.3 Å². The first-order valence-electron chi connectivity index (χ1n) is 6.22. The Morgan fingerprint density at radius 3 is 2.72 bits per heavy atom. The molecule has 0 bridgehead atoms. The smallest absolute Gasteiger partial charge is 0.330 e. The summed E-state index contributed by atoms with van der Waals surface area (Å²) in [5.74, 6) is 0.180. The van der Waals surface area contributed by atoms with Crippen molar-refractivity contribution in [3.05, 3.63) is 48.0 Å². The fourth-order valence-corrected chi connectivity index (χ4v) is 2.35. The number of ether oxygens (including phenoxy) is 1. The second-order valence-corrected chi connectivity index (χ2v) is 4.77. The molecule has 0 radical (unpaired) electrons. The van der Waals surface area contributed by atoms with Crippen LogP contribution in [0.4, 0.5) is 0 Å². The van der Waals surface area contributed by atoms with Crippen LogP contribution in [0.15, 0.2) is 42.5 Å². The predicted octanol–water partition coefficient (Wildman–Crippen LogP) is 4.06. The standard InChI is InChI=1S/C15H19BrO2/c1-2-18-15(17)10-6-9-14(11-12-16)13-7-4-3-5-8-13/h3-8,10,14H,2,9,11-12H2,1H3. The van der Waals surface area contributed by atoms with Gasteiger partial charge in [-0.3, -0.25) is 0 Å². The lowest BCUT2D eigenvalue weighted by Gasteiger charge is -2.13. The molecule has 0 fully saturated rings. The molecule has 98 valence electrons. The number of carbonyl (C=O) groups is 1. The summed E-state index contributed by atoms with van der Waals surface area (Å²) in [6.45, 7) is 2.23. The number of allylic oxidation sites excluding steroid dienone is 1. The molecule has 2 nitrogen and oxygen atoms in total. The monoisotopic (exact) mass is 310 g/mol. The SMILES string of the molecule is CCOC(=O)C=CCC(CCBr)c1ccccc1. The Labute approximate surface area is 117 Å². The molecule has 0 amide bonds. The molecule has 0 saturated carbocycles. The largest absolute Gasteiger partial charge is 0.463 e. The van der Waals surface area contributed by atoms with E-state index in [-0.39, 0.29) is 5.97 Å². The summed E-state index contributed by atoms with van der Waals surface area (Å²) in [5.41, 5.74) is 1.31. The minimum Gasteiger partial charge on any atom is -0.463 e. The van der Waals surface area contributed by atoms with Crippen molar-refractivity contribution in [2.45, 2.75) is 25.7 Å². The summed E-state index contributed by atoms with van der Waals surface area (Å²) in [7, 11) is 0. The summed E-state index contributed by atoms with van der Waals surface area (Å²) >= 11 is 3.48. The van der Waals surface area contributed by atoms with Gasteiger partial charge in [0.25, 0.3) is 0 Å². The minimum atomic E-state index is -0.261. The van der Waals surface area contributed by atoms with Crippen molar-refractivity contribution in [1.82, 2.24) is 0 Å². The molecule has 0 N–H and O–H groups in total. The zero-order chi connectivity index (χ0) is 13.2. The van der Waals surface area contributed by atoms with Gasteiger partial charge in [-0.15, -0.1) is 0 Å². The van der Waals surface area contributed by atoms with E-state index in [0.717, 1.165) is 18.2 Å². The highest BCUT2D eigenvalue weighted by Gasteiger charge is 2.08. The van der Waals surface area contributed by atoms with Crippen LogP contribution < -0.4 is 0 Å². The molecule has 0 aromatic heterocycles. The highest BCUT2D eigenvalue weighted by Crippen LogP contribution is 2.24. The van der Waals surface area contributed by atoms with E-state index in [0.29, 0.717) is 12.5 Å². The van der Waals surface area contributed by atoms with Crippen molar-refractivity contribution in [3.63, 3.8) is 0 Å². The number of rotatable bonds is 7. The molecular weight excluding hydrogens is 292 g/mol. The van der Waals surface area contributed by atoms with E-state index in [2.05, 4.69) is 28.1 Å². The number of hydrogen-bond acceptors (Lipinski definition) is 2. The molecule has 3 heteroatoms. The van der Waals surface area contributed by atoms with Gasteiger partial charge in [0.1, 0.15) is 0 Å². The minimum absolute atomic E-state index is 0.261. The van der Waals surface area contributed by atoms with Gasteiger partial charge < -0.3 is 4.74 Å². The van der Waals surface area contributed by atoms with Crippen molar-refractivity contribution >= 4 is 21.9 Å². The Morgan fingerprint density at radius 2 is 2.11 bits per heavy atom. The molecule has 0 aliphatic rings. The van der Waals surface area contributed by atoms with Crippen LogP contribution in [-0.2, 0) is 9.53 Å². The van der Waals surface area contributed by atoms with E-state index in [4.69, 9.17) is 4.74 Å². The van der Waals surface area contributed by atoms with E-state index < -0.39 is 0 Å². The van der Waals surface area contributed by atoms with Crippen molar-refractivity contribution < 1.29 is 9.53 Å². The number of benzene rings is 1. The Kier molecular flexibility index (Phi) is 7.42. The Morgan fingerprint density at radius 1 is 1.39 bits per heavy atom. The summed E-state index contributed by atoms with van der Waals surface area (Å²) < 4.78 is 4.85. The van der Waals surface area contributed by atoms with Crippen LogP contribution in [0.1, 0.15) is 31.2 Å². The lowest BCUT2D eigenvalue weighted by Crippen LogP contribution is -2.01. The zero-order valence-electron chi connectivity index (χ0n) is 10.6. The van der Waals surface area contributed by atoms with Crippen molar-refractivity contribution in [2.75, 3.05) is 11.9 Å². The predicted molar refractivity (Wildman–Crippen MR) is 78.0 cm³/mol. The first kappa shape index (κ1) is 15.0.